The summed E-state index contributed by atoms with van der Waals surface area (Å²) in [5, 5.41) is 0. The van der Waals surface area contributed by atoms with Gasteiger partial charge in [-0.05, 0) is 25.7 Å². The average Bonchev–Trinajstić information content (AvgIpc) is 2.26. The molecule has 1 aliphatic rings. The van der Waals surface area contributed by atoms with Crippen LogP contribution in [0.4, 0.5) is 0 Å². The van der Waals surface area contributed by atoms with E-state index in [0.717, 1.165) is 25.9 Å². The van der Waals surface area contributed by atoms with Gasteiger partial charge in [-0.3, -0.25) is 4.79 Å². The van der Waals surface area contributed by atoms with Gasteiger partial charge in [0.2, 0.25) is 5.91 Å². The first-order valence-electron chi connectivity index (χ1n) is 5.67. The number of likely N-dealkylation sites (tertiary alicyclic amines) is 1. The van der Waals surface area contributed by atoms with Crippen molar-refractivity contribution in [3.63, 3.8) is 0 Å². The normalized spacial score (nSPS) is 19.1. The molecule has 0 aliphatic carbocycles. The first kappa shape index (κ1) is 15.7. The van der Waals surface area contributed by atoms with E-state index in [1.165, 1.54) is 0 Å². The second kappa shape index (κ2) is 7.87. The van der Waals surface area contributed by atoms with Crippen LogP contribution in [0.3, 0.4) is 0 Å². The summed E-state index contributed by atoms with van der Waals surface area (Å²) in [5.41, 5.74) is 5.85. The first-order valence-corrected chi connectivity index (χ1v) is 5.67. The summed E-state index contributed by atoms with van der Waals surface area (Å²) >= 11 is 0. The summed E-state index contributed by atoms with van der Waals surface area (Å²) in [6.45, 7) is 4.28. The van der Waals surface area contributed by atoms with Gasteiger partial charge in [0.05, 0.1) is 13.0 Å². The summed E-state index contributed by atoms with van der Waals surface area (Å²) in [4.78, 5) is 13.6. The number of ether oxygens (including phenoxy) is 1. The molecule has 16 heavy (non-hydrogen) atoms. The van der Waals surface area contributed by atoms with Crippen LogP contribution in [-0.2, 0) is 9.53 Å². The minimum absolute atomic E-state index is 0. The van der Waals surface area contributed by atoms with Crippen LogP contribution in [0.2, 0.25) is 0 Å². The standard InChI is InChI=1S/C11H22N2O2.ClH/c1-9(12)10-3-6-13(7-4-10)11(14)5-8-15-2;/h9-10H,3-8,12H2,1-2H3;1H. The lowest BCUT2D eigenvalue weighted by Crippen LogP contribution is -2.42. The van der Waals surface area contributed by atoms with Crippen molar-refractivity contribution in [2.45, 2.75) is 32.2 Å². The quantitative estimate of drug-likeness (QED) is 0.811. The Bertz CT molecular complexity index is 204. The summed E-state index contributed by atoms with van der Waals surface area (Å²) in [7, 11) is 1.62. The van der Waals surface area contributed by atoms with Gasteiger partial charge in [0.15, 0.2) is 0 Å². The number of piperidine rings is 1. The first-order chi connectivity index (χ1) is 7.15. The molecule has 1 heterocycles. The number of hydrogen-bond donors (Lipinski definition) is 1. The maximum atomic E-state index is 11.6. The maximum absolute atomic E-state index is 11.6. The van der Waals surface area contributed by atoms with Crippen LogP contribution in [0.1, 0.15) is 26.2 Å². The Kier molecular flexibility index (Phi) is 7.72. The topological polar surface area (TPSA) is 55.6 Å². The number of nitrogens with zero attached hydrogens (tertiary/aromatic N) is 1. The van der Waals surface area contributed by atoms with Crippen molar-refractivity contribution in [1.29, 1.82) is 0 Å². The monoisotopic (exact) mass is 250 g/mol. The van der Waals surface area contributed by atoms with E-state index in [1.54, 1.807) is 7.11 Å². The number of carbonyl (C=O) groups excluding carboxylic acids is 1. The fourth-order valence-corrected chi connectivity index (χ4v) is 2.02. The van der Waals surface area contributed by atoms with Crippen LogP contribution in [0.15, 0.2) is 0 Å². The highest BCUT2D eigenvalue weighted by molar-refractivity contribution is 5.85. The molecule has 1 atom stereocenters. The highest BCUT2D eigenvalue weighted by Gasteiger charge is 2.24. The van der Waals surface area contributed by atoms with Crippen molar-refractivity contribution in [3.8, 4) is 0 Å². The number of carbonyl (C=O) groups is 1. The van der Waals surface area contributed by atoms with Crippen molar-refractivity contribution < 1.29 is 9.53 Å². The van der Waals surface area contributed by atoms with E-state index in [4.69, 9.17) is 10.5 Å². The zero-order valence-corrected chi connectivity index (χ0v) is 11.0. The van der Waals surface area contributed by atoms with Gasteiger partial charge in [-0.15, -0.1) is 12.4 Å². The fourth-order valence-electron chi connectivity index (χ4n) is 2.02. The molecule has 1 fully saturated rings. The Morgan fingerprint density at radius 3 is 2.50 bits per heavy atom. The predicted octanol–water partition coefficient (Wildman–Crippen LogP) is 1.03. The Hall–Kier alpha value is -0.320. The van der Waals surface area contributed by atoms with E-state index < -0.39 is 0 Å². The van der Waals surface area contributed by atoms with Gasteiger partial charge in [0, 0.05) is 26.2 Å². The Morgan fingerprint density at radius 1 is 1.50 bits per heavy atom. The molecular weight excluding hydrogens is 228 g/mol. The zero-order valence-electron chi connectivity index (χ0n) is 10.1. The molecule has 0 aromatic heterocycles. The van der Waals surface area contributed by atoms with Gasteiger partial charge < -0.3 is 15.4 Å². The van der Waals surface area contributed by atoms with Crippen LogP contribution in [0.5, 0.6) is 0 Å². The van der Waals surface area contributed by atoms with Crippen LogP contribution in [-0.4, -0.2) is 43.7 Å². The van der Waals surface area contributed by atoms with Gasteiger partial charge in [-0.25, -0.2) is 0 Å². The molecule has 1 aliphatic heterocycles. The molecule has 1 unspecified atom stereocenters. The molecular formula is C11H23ClN2O2. The maximum Gasteiger partial charge on any atom is 0.224 e. The number of halogens is 1. The van der Waals surface area contributed by atoms with E-state index in [1.807, 2.05) is 11.8 Å². The Balaban J connectivity index is 0.00000225. The van der Waals surface area contributed by atoms with E-state index in [9.17, 15) is 4.79 Å². The van der Waals surface area contributed by atoms with Gasteiger partial charge in [-0.2, -0.15) is 0 Å². The summed E-state index contributed by atoms with van der Waals surface area (Å²) in [6.07, 6.45) is 2.58. The number of amides is 1. The van der Waals surface area contributed by atoms with E-state index >= 15 is 0 Å². The molecule has 1 amide bonds. The molecule has 2 N–H and O–H groups in total. The average molecular weight is 251 g/mol. The van der Waals surface area contributed by atoms with Crippen LogP contribution >= 0.6 is 12.4 Å². The molecule has 5 heteroatoms. The van der Waals surface area contributed by atoms with E-state index in [0.29, 0.717) is 18.9 Å². The zero-order chi connectivity index (χ0) is 11.3. The molecule has 0 saturated carbocycles. The van der Waals surface area contributed by atoms with Crippen LogP contribution < -0.4 is 5.73 Å². The molecule has 0 bridgehead atoms. The van der Waals surface area contributed by atoms with Crippen molar-refractivity contribution in [2.24, 2.45) is 11.7 Å². The van der Waals surface area contributed by atoms with Gasteiger partial charge >= 0.3 is 0 Å². The van der Waals surface area contributed by atoms with Crippen LogP contribution in [0.25, 0.3) is 0 Å². The third kappa shape index (κ3) is 4.68. The van der Waals surface area contributed by atoms with E-state index in [2.05, 4.69) is 0 Å². The lowest BCUT2D eigenvalue weighted by atomic mass is 9.91. The molecule has 1 saturated heterocycles. The van der Waals surface area contributed by atoms with Crippen molar-refractivity contribution in [3.05, 3.63) is 0 Å². The molecule has 4 nitrogen and oxygen atoms in total. The third-order valence-electron chi connectivity index (χ3n) is 3.16. The minimum atomic E-state index is 0. The molecule has 0 radical (unpaired) electrons. The highest BCUT2D eigenvalue weighted by Crippen LogP contribution is 2.19. The summed E-state index contributed by atoms with van der Waals surface area (Å²) in [6, 6.07) is 0.251. The summed E-state index contributed by atoms with van der Waals surface area (Å²) < 4.78 is 4.90. The lowest BCUT2D eigenvalue weighted by molar-refractivity contribution is -0.133. The smallest absolute Gasteiger partial charge is 0.224 e. The van der Waals surface area contributed by atoms with Gasteiger partial charge in [0.1, 0.15) is 0 Å². The van der Waals surface area contributed by atoms with Crippen molar-refractivity contribution >= 4 is 18.3 Å². The molecule has 0 aromatic rings. The SMILES string of the molecule is COCCC(=O)N1CCC(C(C)N)CC1.Cl. The molecule has 1 rings (SSSR count). The van der Waals surface area contributed by atoms with E-state index in [-0.39, 0.29) is 24.4 Å². The molecule has 0 aromatic carbocycles. The molecule has 96 valence electrons. The number of rotatable bonds is 4. The second-order valence-electron chi connectivity index (χ2n) is 4.32. The lowest BCUT2D eigenvalue weighted by Gasteiger charge is -2.33. The van der Waals surface area contributed by atoms with Gasteiger partial charge in [-0.1, -0.05) is 0 Å². The van der Waals surface area contributed by atoms with Gasteiger partial charge in [0.25, 0.3) is 0 Å². The molecule has 0 spiro atoms. The number of methoxy groups -OCH3 is 1. The Labute approximate surface area is 104 Å². The van der Waals surface area contributed by atoms with Crippen LogP contribution in [0, 0.1) is 5.92 Å². The fraction of sp³-hybridized carbons (Fsp3) is 0.909. The van der Waals surface area contributed by atoms with Crippen molar-refractivity contribution in [1.82, 2.24) is 4.90 Å². The number of nitrogens with two attached hydrogens (primary N) is 1. The third-order valence-corrected chi connectivity index (χ3v) is 3.16. The largest absolute Gasteiger partial charge is 0.384 e. The number of hydrogen-bond acceptors (Lipinski definition) is 3. The second-order valence-corrected chi connectivity index (χ2v) is 4.32. The summed E-state index contributed by atoms with van der Waals surface area (Å²) in [5.74, 6) is 0.788. The van der Waals surface area contributed by atoms with Crippen molar-refractivity contribution in [2.75, 3.05) is 26.8 Å². The Morgan fingerprint density at radius 2 is 2.06 bits per heavy atom. The predicted molar refractivity (Wildman–Crippen MR) is 66.7 cm³/mol. The minimum Gasteiger partial charge on any atom is -0.384 e. The highest BCUT2D eigenvalue weighted by atomic mass is 35.5.